The summed E-state index contributed by atoms with van der Waals surface area (Å²) >= 11 is 0. The highest BCUT2D eigenvalue weighted by Crippen LogP contribution is 2.16. The molecule has 1 amide bonds. The predicted octanol–water partition coefficient (Wildman–Crippen LogP) is 2.22. The molecule has 0 aliphatic heterocycles. The highest BCUT2D eigenvalue weighted by molar-refractivity contribution is 5.76. The van der Waals surface area contributed by atoms with Crippen molar-refractivity contribution in [3.63, 3.8) is 0 Å². The van der Waals surface area contributed by atoms with Gasteiger partial charge in [-0.1, -0.05) is 31.9 Å². The van der Waals surface area contributed by atoms with Crippen LogP contribution < -0.4 is 11.1 Å². The molecule has 0 fully saturated rings. The van der Waals surface area contributed by atoms with Gasteiger partial charge < -0.3 is 11.1 Å². The lowest BCUT2D eigenvalue weighted by atomic mass is 9.94. The lowest BCUT2D eigenvalue weighted by Crippen LogP contribution is -2.25. The first-order valence-electron chi connectivity index (χ1n) is 6.21. The third kappa shape index (κ3) is 8.48. The molecule has 0 rings (SSSR count). The number of hydrogen-bond acceptors (Lipinski definition) is 2. The zero-order chi connectivity index (χ0) is 12.4. The molecule has 0 bridgehead atoms. The molecule has 0 radical (unpaired) electrons. The lowest BCUT2D eigenvalue weighted by molar-refractivity contribution is -0.121. The second-order valence-electron chi connectivity index (χ2n) is 4.50. The SMILES string of the molecule is C=C(C)CNC(=O)CCC(CCC)CCN. The Morgan fingerprint density at radius 1 is 1.38 bits per heavy atom. The molecule has 0 aromatic carbocycles. The molecular weight excluding hydrogens is 200 g/mol. The van der Waals surface area contributed by atoms with E-state index in [0.717, 1.165) is 31.4 Å². The van der Waals surface area contributed by atoms with Crippen molar-refractivity contribution in [1.29, 1.82) is 0 Å². The van der Waals surface area contributed by atoms with Crippen molar-refractivity contribution in [3.8, 4) is 0 Å². The van der Waals surface area contributed by atoms with E-state index in [2.05, 4.69) is 18.8 Å². The molecular formula is C13H26N2O. The van der Waals surface area contributed by atoms with Gasteiger partial charge in [0.1, 0.15) is 0 Å². The van der Waals surface area contributed by atoms with Crippen LogP contribution in [0.2, 0.25) is 0 Å². The quantitative estimate of drug-likeness (QED) is 0.592. The zero-order valence-corrected chi connectivity index (χ0v) is 10.7. The second-order valence-corrected chi connectivity index (χ2v) is 4.50. The van der Waals surface area contributed by atoms with Gasteiger partial charge in [0, 0.05) is 13.0 Å². The Balaban J connectivity index is 3.72. The number of carbonyl (C=O) groups is 1. The van der Waals surface area contributed by atoms with Crippen LogP contribution in [0, 0.1) is 5.92 Å². The van der Waals surface area contributed by atoms with Crippen molar-refractivity contribution in [2.24, 2.45) is 11.7 Å². The fourth-order valence-corrected chi connectivity index (χ4v) is 1.75. The summed E-state index contributed by atoms with van der Waals surface area (Å²) in [6.45, 7) is 9.14. The number of nitrogens with two attached hydrogens (primary N) is 1. The van der Waals surface area contributed by atoms with Gasteiger partial charge in [0.15, 0.2) is 0 Å². The van der Waals surface area contributed by atoms with Crippen LogP contribution in [-0.4, -0.2) is 19.0 Å². The Bertz CT molecular complexity index is 208. The first-order chi connectivity index (χ1) is 7.60. The van der Waals surface area contributed by atoms with Gasteiger partial charge in [-0.25, -0.2) is 0 Å². The van der Waals surface area contributed by atoms with Crippen molar-refractivity contribution in [2.45, 2.75) is 46.0 Å². The first-order valence-corrected chi connectivity index (χ1v) is 6.21. The minimum Gasteiger partial charge on any atom is -0.352 e. The van der Waals surface area contributed by atoms with E-state index < -0.39 is 0 Å². The minimum atomic E-state index is 0.126. The first kappa shape index (κ1) is 15.2. The van der Waals surface area contributed by atoms with Crippen molar-refractivity contribution in [2.75, 3.05) is 13.1 Å². The average Bonchev–Trinajstić information content (AvgIpc) is 2.23. The van der Waals surface area contributed by atoms with Crippen molar-refractivity contribution in [3.05, 3.63) is 12.2 Å². The largest absolute Gasteiger partial charge is 0.352 e. The molecule has 3 nitrogen and oxygen atoms in total. The molecule has 3 N–H and O–H groups in total. The normalized spacial score (nSPS) is 12.2. The summed E-state index contributed by atoms with van der Waals surface area (Å²) in [5, 5.41) is 2.85. The van der Waals surface area contributed by atoms with E-state index in [-0.39, 0.29) is 5.91 Å². The Morgan fingerprint density at radius 3 is 2.56 bits per heavy atom. The molecule has 0 aromatic rings. The monoisotopic (exact) mass is 226 g/mol. The van der Waals surface area contributed by atoms with Crippen LogP contribution in [0.15, 0.2) is 12.2 Å². The van der Waals surface area contributed by atoms with Gasteiger partial charge in [-0.2, -0.15) is 0 Å². The van der Waals surface area contributed by atoms with E-state index in [1.807, 2.05) is 6.92 Å². The number of hydrogen-bond donors (Lipinski definition) is 2. The summed E-state index contributed by atoms with van der Waals surface area (Å²) in [5.41, 5.74) is 6.54. The van der Waals surface area contributed by atoms with Gasteiger partial charge >= 0.3 is 0 Å². The van der Waals surface area contributed by atoms with E-state index >= 15 is 0 Å². The third-order valence-electron chi connectivity index (χ3n) is 2.64. The molecule has 0 aliphatic carbocycles. The molecule has 0 spiro atoms. The smallest absolute Gasteiger partial charge is 0.220 e. The zero-order valence-electron chi connectivity index (χ0n) is 10.7. The number of amides is 1. The van der Waals surface area contributed by atoms with Crippen LogP contribution in [0.3, 0.4) is 0 Å². The molecule has 0 saturated heterocycles. The molecule has 0 heterocycles. The average molecular weight is 226 g/mol. The van der Waals surface area contributed by atoms with Crippen LogP contribution in [0.4, 0.5) is 0 Å². The molecule has 1 unspecified atom stereocenters. The van der Waals surface area contributed by atoms with Crippen molar-refractivity contribution < 1.29 is 4.79 Å². The lowest BCUT2D eigenvalue weighted by Gasteiger charge is -2.14. The van der Waals surface area contributed by atoms with Crippen LogP contribution >= 0.6 is 0 Å². The topological polar surface area (TPSA) is 55.1 Å². The van der Waals surface area contributed by atoms with Crippen LogP contribution in [0.25, 0.3) is 0 Å². The number of rotatable bonds is 9. The highest BCUT2D eigenvalue weighted by Gasteiger charge is 2.09. The van der Waals surface area contributed by atoms with E-state index in [0.29, 0.717) is 18.9 Å². The Kier molecular flexibility index (Phi) is 8.91. The van der Waals surface area contributed by atoms with Crippen molar-refractivity contribution >= 4 is 5.91 Å². The van der Waals surface area contributed by atoms with Gasteiger partial charge in [-0.3, -0.25) is 4.79 Å². The molecule has 1 atom stereocenters. The summed E-state index contributed by atoms with van der Waals surface area (Å²) in [5.74, 6) is 0.728. The summed E-state index contributed by atoms with van der Waals surface area (Å²) in [6, 6.07) is 0. The molecule has 16 heavy (non-hydrogen) atoms. The van der Waals surface area contributed by atoms with E-state index in [9.17, 15) is 4.79 Å². The van der Waals surface area contributed by atoms with E-state index in [4.69, 9.17) is 5.73 Å². The maximum Gasteiger partial charge on any atom is 0.220 e. The van der Waals surface area contributed by atoms with Gasteiger partial charge in [0.05, 0.1) is 0 Å². The van der Waals surface area contributed by atoms with Crippen LogP contribution in [0.1, 0.15) is 46.0 Å². The molecule has 94 valence electrons. The molecule has 3 heteroatoms. The van der Waals surface area contributed by atoms with Gasteiger partial charge in [-0.15, -0.1) is 0 Å². The highest BCUT2D eigenvalue weighted by atomic mass is 16.1. The summed E-state index contributed by atoms with van der Waals surface area (Å²) in [6.07, 6.45) is 4.93. The number of nitrogens with one attached hydrogen (secondary N) is 1. The summed E-state index contributed by atoms with van der Waals surface area (Å²) in [4.78, 5) is 11.5. The van der Waals surface area contributed by atoms with Crippen LogP contribution in [0.5, 0.6) is 0 Å². The maximum atomic E-state index is 11.5. The summed E-state index contributed by atoms with van der Waals surface area (Å²) in [7, 11) is 0. The summed E-state index contributed by atoms with van der Waals surface area (Å²) < 4.78 is 0. The van der Waals surface area contributed by atoms with E-state index in [1.54, 1.807) is 0 Å². The molecule has 0 saturated carbocycles. The fraction of sp³-hybridized carbons (Fsp3) is 0.769. The Hall–Kier alpha value is -0.830. The Morgan fingerprint density at radius 2 is 2.06 bits per heavy atom. The number of carbonyl (C=O) groups excluding carboxylic acids is 1. The predicted molar refractivity (Wildman–Crippen MR) is 69.1 cm³/mol. The van der Waals surface area contributed by atoms with Gasteiger partial charge in [-0.05, 0) is 32.2 Å². The minimum absolute atomic E-state index is 0.126. The standard InChI is InChI=1S/C13H26N2O/c1-4-5-12(8-9-14)6-7-13(16)15-10-11(2)3/h12H,2,4-10,14H2,1,3H3,(H,15,16). The van der Waals surface area contributed by atoms with Crippen molar-refractivity contribution in [1.82, 2.24) is 5.32 Å². The molecule has 0 aromatic heterocycles. The van der Waals surface area contributed by atoms with Gasteiger partial charge in [0.25, 0.3) is 0 Å². The second kappa shape index (κ2) is 9.40. The van der Waals surface area contributed by atoms with E-state index in [1.165, 1.54) is 6.42 Å². The molecule has 0 aliphatic rings. The third-order valence-corrected chi connectivity index (χ3v) is 2.64. The van der Waals surface area contributed by atoms with Crippen LogP contribution in [-0.2, 0) is 4.79 Å². The van der Waals surface area contributed by atoms with Gasteiger partial charge in [0.2, 0.25) is 5.91 Å². The maximum absolute atomic E-state index is 11.5. The fourth-order valence-electron chi connectivity index (χ4n) is 1.75. The Labute approximate surface area is 99.5 Å².